The number of thioether (sulfide) groups is 1. The molecule has 1 aliphatic heterocycles. The zero-order valence-corrected chi connectivity index (χ0v) is 17.9. The normalized spacial score (nSPS) is 18.6. The van der Waals surface area contributed by atoms with Gasteiger partial charge in [0.25, 0.3) is 5.56 Å². The van der Waals surface area contributed by atoms with Crippen LogP contribution in [0.4, 0.5) is 0 Å². The Labute approximate surface area is 169 Å². The fourth-order valence-corrected chi connectivity index (χ4v) is 5.99. The topological polar surface area (TPSA) is 89.3 Å². The van der Waals surface area contributed by atoms with Gasteiger partial charge in [-0.2, -0.15) is 0 Å². The van der Waals surface area contributed by atoms with E-state index >= 15 is 0 Å². The van der Waals surface area contributed by atoms with Crippen LogP contribution in [0, 0.1) is 5.92 Å². The van der Waals surface area contributed by atoms with E-state index in [1.807, 2.05) is 19.9 Å². The van der Waals surface area contributed by atoms with Gasteiger partial charge in [0.05, 0.1) is 28.2 Å². The molecular formula is C19H25N3O4S2. The highest BCUT2D eigenvalue weighted by Gasteiger charge is 2.34. The summed E-state index contributed by atoms with van der Waals surface area (Å²) < 4.78 is 25.1. The third-order valence-corrected chi connectivity index (χ3v) is 7.56. The van der Waals surface area contributed by atoms with E-state index in [-0.39, 0.29) is 40.7 Å². The number of para-hydroxylation sites is 1. The lowest BCUT2D eigenvalue weighted by atomic mass is 10.1. The molecule has 0 unspecified atom stereocenters. The highest BCUT2D eigenvalue weighted by molar-refractivity contribution is 7.99. The van der Waals surface area contributed by atoms with Crippen molar-refractivity contribution in [2.75, 3.05) is 23.8 Å². The lowest BCUT2D eigenvalue weighted by molar-refractivity contribution is -0.130. The van der Waals surface area contributed by atoms with Crippen LogP contribution < -0.4 is 5.56 Å². The predicted octanol–water partition coefficient (Wildman–Crippen LogP) is 1.70. The Balaban J connectivity index is 1.78. The van der Waals surface area contributed by atoms with Gasteiger partial charge in [0.1, 0.15) is 0 Å². The minimum Gasteiger partial charge on any atom is -0.338 e. The molecule has 9 heteroatoms. The number of hydrogen-bond donors (Lipinski definition) is 0. The molecule has 0 N–H and O–H groups in total. The fourth-order valence-electron chi connectivity index (χ4n) is 3.40. The quantitative estimate of drug-likeness (QED) is 0.519. The molecule has 3 rings (SSSR count). The smallest absolute Gasteiger partial charge is 0.261 e. The Morgan fingerprint density at radius 1 is 1.36 bits per heavy atom. The first-order valence-corrected chi connectivity index (χ1v) is 12.1. The van der Waals surface area contributed by atoms with Crippen LogP contribution in [-0.4, -0.2) is 58.6 Å². The lowest BCUT2D eigenvalue weighted by Crippen LogP contribution is -2.44. The van der Waals surface area contributed by atoms with Crippen LogP contribution >= 0.6 is 11.8 Å². The number of aromatic nitrogens is 2. The number of amides is 1. The molecule has 2 aromatic rings. The van der Waals surface area contributed by atoms with Crippen molar-refractivity contribution in [1.82, 2.24) is 14.5 Å². The van der Waals surface area contributed by atoms with Crippen molar-refractivity contribution < 1.29 is 13.2 Å². The van der Waals surface area contributed by atoms with Crippen molar-refractivity contribution in [3.05, 3.63) is 34.6 Å². The second-order valence-electron chi connectivity index (χ2n) is 7.56. The molecule has 0 bridgehead atoms. The van der Waals surface area contributed by atoms with Gasteiger partial charge in [0, 0.05) is 19.6 Å². The molecule has 0 radical (unpaired) electrons. The van der Waals surface area contributed by atoms with Crippen LogP contribution in [0.2, 0.25) is 0 Å². The third-order valence-electron chi connectivity index (χ3n) is 4.80. The fraction of sp³-hybridized carbons (Fsp3) is 0.526. The van der Waals surface area contributed by atoms with Crippen LogP contribution in [0.5, 0.6) is 0 Å². The second kappa shape index (κ2) is 8.24. The predicted molar refractivity (Wildman–Crippen MR) is 111 cm³/mol. The number of fused-ring (bicyclic) bond motifs is 1. The standard InChI is InChI=1S/C19H25N3O4S2/c1-13(2)10-22(14-8-9-28(25,26)12-14)17(23)11-27-19-20-16-7-5-4-6-15(16)18(24)21(19)3/h4-7,13-14H,8-12H2,1-3H3/t14-/m0/s1. The first-order chi connectivity index (χ1) is 13.2. The molecule has 1 aromatic heterocycles. The monoisotopic (exact) mass is 423 g/mol. The number of carbonyl (C=O) groups excluding carboxylic acids is 1. The van der Waals surface area contributed by atoms with Crippen LogP contribution in [0.3, 0.4) is 0 Å². The maximum atomic E-state index is 12.9. The summed E-state index contributed by atoms with van der Waals surface area (Å²) >= 11 is 1.21. The van der Waals surface area contributed by atoms with Crippen molar-refractivity contribution >= 4 is 38.4 Å². The van der Waals surface area contributed by atoms with Gasteiger partial charge in [-0.25, -0.2) is 13.4 Å². The first-order valence-electron chi connectivity index (χ1n) is 9.26. The highest BCUT2D eigenvalue weighted by Crippen LogP contribution is 2.22. The summed E-state index contributed by atoms with van der Waals surface area (Å²) in [5.74, 6) is 0.390. The van der Waals surface area contributed by atoms with Crippen molar-refractivity contribution in [2.24, 2.45) is 13.0 Å². The number of sulfone groups is 1. The van der Waals surface area contributed by atoms with Gasteiger partial charge >= 0.3 is 0 Å². The summed E-state index contributed by atoms with van der Waals surface area (Å²) in [5, 5.41) is 1.01. The van der Waals surface area contributed by atoms with E-state index in [4.69, 9.17) is 0 Å². The van der Waals surface area contributed by atoms with E-state index in [2.05, 4.69) is 4.98 Å². The average molecular weight is 424 g/mol. The summed E-state index contributed by atoms with van der Waals surface area (Å²) in [6.45, 7) is 4.53. The molecule has 152 valence electrons. The second-order valence-corrected chi connectivity index (χ2v) is 10.7. The molecule has 1 fully saturated rings. The van der Waals surface area contributed by atoms with Crippen molar-refractivity contribution in [2.45, 2.75) is 31.5 Å². The third kappa shape index (κ3) is 4.57. The summed E-state index contributed by atoms with van der Waals surface area (Å²) in [6.07, 6.45) is 0.484. The number of carbonyl (C=O) groups is 1. The van der Waals surface area contributed by atoms with E-state index in [0.717, 1.165) is 0 Å². The minimum atomic E-state index is -3.07. The van der Waals surface area contributed by atoms with Gasteiger partial charge < -0.3 is 4.90 Å². The molecule has 1 atom stereocenters. The Bertz CT molecular complexity index is 1050. The molecule has 0 saturated carbocycles. The van der Waals surface area contributed by atoms with E-state index in [9.17, 15) is 18.0 Å². The van der Waals surface area contributed by atoms with Crippen LogP contribution in [0.15, 0.2) is 34.2 Å². The molecule has 1 saturated heterocycles. The van der Waals surface area contributed by atoms with E-state index in [1.54, 1.807) is 30.1 Å². The molecule has 2 heterocycles. The van der Waals surface area contributed by atoms with Crippen molar-refractivity contribution in [3.63, 3.8) is 0 Å². The van der Waals surface area contributed by atoms with Gasteiger partial charge in [0.2, 0.25) is 5.91 Å². The number of nitrogens with zero attached hydrogens (tertiary/aromatic N) is 3. The molecular weight excluding hydrogens is 398 g/mol. The Morgan fingerprint density at radius 3 is 2.71 bits per heavy atom. The van der Waals surface area contributed by atoms with Crippen molar-refractivity contribution in [1.29, 1.82) is 0 Å². The molecule has 1 aromatic carbocycles. The zero-order chi connectivity index (χ0) is 20.5. The average Bonchev–Trinajstić information content (AvgIpc) is 3.00. The van der Waals surface area contributed by atoms with E-state index in [0.29, 0.717) is 29.0 Å². The largest absolute Gasteiger partial charge is 0.338 e. The number of rotatable bonds is 6. The number of benzene rings is 1. The molecule has 0 aliphatic carbocycles. The molecule has 1 aliphatic rings. The lowest BCUT2D eigenvalue weighted by Gasteiger charge is -2.30. The molecule has 7 nitrogen and oxygen atoms in total. The first kappa shape index (κ1) is 20.9. The van der Waals surface area contributed by atoms with Crippen molar-refractivity contribution in [3.8, 4) is 0 Å². The Morgan fingerprint density at radius 2 is 2.07 bits per heavy atom. The highest BCUT2D eigenvalue weighted by atomic mass is 32.2. The van der Waals surface area contributed by atoms with Crippen LogP contribution in [0.1, 0.15) is 20.3 Å². The molecule has 0 spiro atoms. The summed E-state index contributed by atoms with van der Waals surface area (Å²) in [5.41, 5.74) is 0.447. The van der Waals surface area contributed by atoms with E-state index in [1.165, 1.54) is 16.3 Å². The zero-order valence-electron chi connectivity index (χ0n) is 16.3. The molecule has 28 heavy (non-hydrogen) atoms. The number of hydrogen-bond acceptors (Lipinski definition) is 6. The van der Waals surface area contributed by atoms with E-state index < -0.39 is 9.84 Å². The van der Waals surface area contributed by atoms with Crippen LogP contribution in [0.25, 0.3) is 10.9 Å². The SMILES string of the molecule is CC(C)CN(C(=O)CSc1nc2ccccc2c(=O)n1C)[C@H]1CCS(=O)(=O)C1. The summed E-state index contributed by atoms with van der Waals surface area (Å²) in [7, 11) is -1.43. The van der Waals surface area contributed by atoms with Crippen LogP contribution in [-0.2, 0) is 21.7 Å². The maximum Gasteiger partial charge on any atom is 0.261 e. The van der Waals surface area contributed by atoms with Gasteiger partial charge in [0.15, 0.2) is 15.0 Å². The van der Waals surface area contributed by atoms with Gasteiger partial charge in [-0.3, -0.25) is 14.2 Å². The summed E-state index contributed by atoms with van der Waals surface area (Å²) in [4.78, 5) is 31.6. The minimum absolute atomic E-state index is 0.0306. The van der Waals surface area contributed by atoms with Gasteiger partial charge in [-0.15, -0.1) is 0 Å². The van der Waals surface area contributed by atoms with Gasteiger partial charge in [-0.05, 0) is 24.5 Å². The summed E-state index contributed by atoms with van der Waals surface area (Å²) in [6, 6.07) is 6.85. The maximum absolute atomic E-state index is 12.9. The Hall–Kier alpha value is -1.87. The van der Waals surface area contributed by atoms with Gasteiger partial charge in [-0.1, -0.05) is 37.7 Å². The molecule has 1 amide bonds. The Kier molecular flexibility index (Phi) is 6.14.